The van der Waals surface area contributed by atoms with Crippen LogP contribution in [0, 0.1) is 0 Å². The molecule has 6 nitrogen and oxygen atoms in total. The lowest BCUT2D eigenvalue weighted by Crippen LogP contribution is -2.29. The molecule has 154 valence electrons. The summed E-state index contributed by atoms with van der Waals surface area (Å²) >= 11 is 0. The molecule has 0 aliphatic heterocycles. The molecule has 0 saturated carbocycles. The van der Waals surface area contributed by atoms with Crippen LogP contribution >= 0.6 is 0 Å². The van der Waals surface area contributed by atoms with Gasteiger partial charge in [0, 0.05) is 6.42 Å². The normalized spacial score (nSPS) is 12.2. The third kappa shape index (κ3) is 5.01. The van der Waals surface area contributed by atoms with E-state index < -0.39 is 12.6 Å². The van der Waals surface area contributed by atoms with E-state index >= 15 is 0 Å². The number of para-hydroxylation sites is 2. The van der Waals surface area contributed by atoms with Crippen LogP contribution < -0.4 is 14.8 Å². The molecular formula is C21H23F2N3O3. The van der Waals surface area contributed by atoms with Crippen LogP contribution in [0.3, 0.4) is 0 Å². The highest BCUT2D eigenvalue weighted by Gasteiger charge is 2.22. The van der Waals surface area contributed by atoms with Gasteiger partial charge in [0.05, 0.1) is 30.8 Å². The molecule has 0 radical (unpaired) electrons. The van der Waals surface area contributed by atoms with E-state index in [9.17, 15) is 13.6 Å². The predicted molar refractivity (Wildman–Crippen MR) is 105 cm³/mol. The van der Waals surface area contributed by atoms with Gasteiger partial charge in [0.2, 0.25) is 5.91 Å². The summed E-state index contributed by atoms with van der Waals surface area (Å²) in [6.07, 6.45) is 0.714. The fourth-order valence-electron chi connectivity index (χ4n) is 3.05. The summed E-state index contributed by atoms with van der Waals surface area (Å²) in [5.74, 6) is 1.30. The van der Waals surface area contributed by atoms with Crippen molar-refractivity contribution in [2.75, 3.05) is 13.7 Å². The molecule has 0 saturated heterocycles. The fourth-order valence-corrected chi connectivity index (χ4v) is 3.05. The van der Waals surface area contributed by atoms with Crippen molar-refractivity contribution in [2.24, 2.45) is 0 Å². The number of amides is 1. The molecule has 29 heavy (non-hydrogen) atoms. The van der Waals surface area contributed by atoms with Crippen LogP contribution in [-0.2, 0) is 4.79 Å². The summed E-state index contributed by atoms with van der Waals surface area (Å²) in [5, 5.41) is 2.74. The van der Waals surface area contributed by atoms with Crippen molar-refractivity contribution in [3.63, 3.8) is 0 Å². The van der Waals surface area contributed by atoms with Gasteiger partial charge in [-0.15, -0.1) is 0 Å². The zero-order valence-corrected chi connectivity index (χ0v) is 16.3. The molecular weight excluding hydrogens is 380 g/mol. The third-order valence-electron chi connectivity index (χ3n) is 4.46. The summed E-state index contributed by atoms with van der Waals surface area (Å²) in [6, 6.07) is 13.2. The average molecular weight is 403 g/mol. The first-order chi connectivity index (χ1) is 14.0. The molecule has 1 heterocycles. The van der Waals surface area contributed by atoms with Crippen molar-refractivity contribution >= 4 is 16.9 Å². The first-order valence-electron chi connectivity index (χ1n) is 9.31. The second-order valence-corrected chi connectivity index (χ2v) is 6.52. The first kappa shape index (κ1) is 20.6. The lowest BCUT2D eigenvalue weighted by atomic mass is 10.2. The number of alkyl halides is 2. The Hall–Kier alpha value is -3.16. The molecule has 2 aromatic carbocycles. The molecule has 0 spiro atoms. The Kier molecular flexibility index (Phi) is 6.64. The molecule has 1 N–H and O–H groups in total. The molecule has 3 rings (SSSR count). The number of imidazole rings is 1. The van der Waals surface area contributed by atoms with E-state index in [1.165, 1.54) is 0 Å². The maximum Gasteiger partial charge on any atom is 0.320 e. The Bertz CT molecular complexity index is 957. The van der Waals surface area contributed by atoms with Crippen LogP contribution in [0.2, 0.25) is 0 Å². The number of halogens is 2. The maximum absolute atomic E-state index is 13.5. The van der Waals surface area contributed by atoms with Gasteiger partial charge in [-0.25, -0.2) is 4.98 Å². The number of aromatic nitrogens is 2. The zero-order chi connectivity index (χ0) is 20.8. The number of hydrogen-bond donors (Lipinski definition) is 1. The van der Waals surface area contributed by atoms with E-state index in [1.807, 2.05) is 0 Å². The minimum Gasteiger partial charge on any atom is -0.497 e. The Morgan fingerprint density at radius 3 is 2.52 bits per heavy atom. The highest BCUT2D eigenvalue weighted by Crippen LogP contribution is 2.26. The van der Waals surface area contributed by atoms with Crippen molar-refractivity contribution in [3.05, 3.63) is 54.4 Å². The van der Waals surface area contributed by atoms with Crippen LogP contribution in [0.15, 0.2) is 48.5 Å². The topological polar surface area (TPSA) is 65.4 Å². The monoisotopic (exact) mass is 403 g/mol. The zero-order valence-electron chi connectivity index (χ0n) is 16.3. The van der Waals surface area contributed by atoms with Crippen molar-refractivity contribution in [3.8, 4) is 11.5 Å². The van der Waals surface area contributed by atoms with Gasteiger partial charge < -0.3 is 14.8 Å². The van der Waals surface area contributed by atoms with Gasteiger partial charge in [0.1, 0.15) is 17.3 Å². The number of nitrogens with one attached hydrogen (secondary N) is 1. The number of methoxy groups -OCH3 is 1. The lowest BCUT2D eigenvalue weighted by molar-refractivity contribution is -0.122. The summed E-state index contributed by atoms with van der Waals surface area (Å²) in [5.41, 5.74) is 0.809. The standard InChI is InChI=1S/C21H23F2N3O3/c1-14(20-25-17-6-3-4-7-18(17)26(20)21(22)23)24-19(27)8-5-13-29-16-11-9-15(28-2)10-12-16/h3-4,6-7,9-12,14,21H,5,8,13H2,1-2H3,(H,24,27). The smallest absolute Gasteiger partial charge is 0.320 e. The molecule has 1 unspecified atom stereocenters. The minimum absolute atomic E-state index is 0.129. The Balaban J connectivity index is 1.52. The fraction of sp³-hybridized carbons (Fsp3) is 0.333. The van der Waals surface area contributed by atoms with E-state index in [2.05, 4.69) is 10.3 Å². The molecule has 0 fully saturated rings. The highest BCUT2D eigenvalue weighted by molar-refractivity contribution is 5.78. The maximum atomic E-state index is 13.5. The third-order valence-corrected chi connectivity index (χ3v) is 4.46. The number of hydrogen-bond acceptors (Lipinski definition) is 4. The Morgan fingerprint density at radius 2 is 1.83 bits per heavy atom. The number of carbonyl (C=O) groups excluding carboxylic acids is 1. The molecule has 3 aromatic rings. The van der Waals surface area contributed by atoms with Crippen LogP contribution in [0.25, 0.3) is 11.0 Å². The van der Waals surface area contributed by atoms with Gasteiger partial charge in [-0.2, -0.15) is 8.78 Å². The Labute approximate surface area is 167 Å². The first-order valence-corrected chi connectivity index (χ1v) is 9.31. The number of nitrogens with zero attached hydrogens (tertiary/aromatic N) is 2. The number of benzene rings is 2. The number of ether oxygens (including phenoxy) is 2. The highest BCUT2D eigenvalue weighted by atomic mass is 19.3. The molecule has 8 heteroatoms. The van der Waals surface area contributed by atoms with Crippen molar-refractivity contribution < 1.29 is 23.0 Å². The van der Waals surface area contributed by atoms with E-state index in [4.69, 9.17) is 9.47 Å². The summed E-state index contributed by atoms with van der Waals surface area (Å²) in [4.78, 5) is 16.5. The molecule has 0 bridgehead atoms. The van der Waals surface area contributed by atoms with Crippen molar-refractivity contribution in [1.82, 2.24) is 14.9 Å². The minimum atomic E-state index is -2.74. The molecule has 1 atom stereocenters. The van der Waals surface area contributed by atoms with E-state index in [0.29, 0.717) is 29.8 Å². The van der Waals surface area contributed by atoms with Gasteiger partial charge in [-0.05, 0) is 49.7 Å². The second kappa shape index (κ2) is 9.36. The van der Waals surface area contributed by atoms with Crippen molar-refractivity contribution in [1.29, 1.82) is 0 Å². The van der Waals surface area contributed by atoms with Crippen LogP contribution in [-0.4, -0.2) is 29.2 Å². The molecule has 0 aliphatic carbocycles. The largest absolute Gasteiger partial charge is 0.497 e. The van der Waals surface area contributed by atoms with Crippen LogP contribution in [0.4, 0.5) is 8.78 Å². The van der Waals surface area contributed by atoms with Gasteiger partial charge in [-0.1, -0.05) is 12.1 Å². The van der Waals surface area contributed by atoms with Gasteiger partial charge in [-0.3, -0.25) is 9.36 Å². The van der Waals surface area contributed by atoms with Gasteiger partial charge in [0.15, 0.2) is 0 Å². The quantitative estimate of drug-likeness (QED) is 0.535. The summed E-state index contributed by atoms with van der Waals surface area (Å²) < 4.78 is 38.6. The summed E-state index contributed by atoms with van der Waals surface area (Å²) in [6.45, 7) is -0.732. The van der Waals surface area contributed by atoms with Crippen LogP contribution in [0.5, 0.6) is 11.5 Å². The second-order valence-electron chi connectivity index (χ2n) is 6.52. The lowest BCUT2D eigenvalue weighted by Gasteiger charge is -2.16. The van der Waals surface area contributed by atoms with E-state index in [1.54, 1.807) is 62.6 Å². The van der Waals surface area contributed by atoms with Gasteiger partial charge >= 0.3 is 6.55 Å². The number of fused-ring (bicyclic) bond motifs is 1. The summed E-state index contributed by atoms with van der Waals surface area (Å²) in [7, 11) is 1.59. The van der Waals surface area contributed by atoms with E-state index in [0.717, 1.165) is 10.3 Å². The predicted octanol–water partition coefficient (Wildman–Crippen LogP) is 4.48. The SMILES string of the molecule is COc1ccc(OCCCC(=O)NC(C)c2nc3ccccc3n2C(F)F)cc1. The number of rotatable bonds is 9. The van der Waals surface area contributed by atoms with Crippen LogP contribution in [0.1, 0.15) is 38.2 Å². The molecule has 1 amide bonds. The van der Waals surface area contributed by atoms with Gasteiger partial charge in [0.25, 0.3) is 0 Å². The molecule has 1 aromatic heterocycles. The van der Waals surface area contributed by atoms with Crippen molar-refractivity contribution in [2.45, 2.75) is 32.4 Å². The molecule has 0 aliphatic rings. The average Bonchev–Trinajstić information content (AvgIpc) is 3.12. The Morgan fingerprint density at radius 1 is 1.14 bits per heavy atom. The van der Waals surface area contributed by atoms with E-state index in [-0.39, 0.29) is 18.2 Å². The number of carbonyl (C=O) groups is 1.